The predicted molar refractivity (Wildman–Crippen MR) is 60.5 cm³/mol. The second-order valence-corrected chi connectivity index (χ2v) is 3.72. The highest BCUT2D eigenvalue weighted by Gasteiger charge is 2.05. The minimum atomic E-state index is -1.14. The van der Waals surface area contributed by atoms with E-state index in [1.165, 1.54) is 12.1 Å². The number of carbonyl (C=O) groups is 1. The van der Waals surface area contributed by atoms with Crippen molar-refractivity contribution in [3.8, 4) is 11.1 Å². The van der Waals surface area contributed by atoms with Crippen molar-refractivity contribution in [1.29, 1.82) is 0 Å². The lowest BCUT2D eigenvalue weighted by molar-refractivity contribution is -0.304. The van der Waals surface area contributed by atoms with E-state index in [1.54, 1.807) is 36.4 Å². The normalized spacial score (nSPS) is 10.2. The summed E-state index contributed by atoms with van der Waals surface area (Å²) in [6.07, 6.45) is -0.174. The summed E-state index contributed by atoms with van der Waals surface area (Å²) < 4.78 is 13.1. The summed E-state index contributed by atoms with van der Waals surface area (Å²) in [5.74, 6) is -1.49. The molecule has 0 heterocycles. The third-order valence-corrected chi connectivity index (χ3v) is 2.49. The molecular weight excluding hydrogens is 219 g/mol. The van der Waals surface area contributed by atoms with Crippen LogP contribution in [0.4, 0.5) is 4.39 Å². The number of hydrogen-bond acceptors (Lipinski definition) is 2. The molecule has 0 aliphatic heterocycles. The lowest BCUT2D eigenvalue weighted by atomic mass is 9.98. The SMILES string of the molecule is O=C([O-])Cc1ccccc1-c1cccc(F)c1. The van der Waals surface area contributed by atoms with Crippen LogP contribution in [0.1, 0.15) is 5.56 Å². The lowest BCUT2D eigenvalue weighted by Gasteiger charge is -2.10. The maximum atomic E-state index is 13.1. The molecule has 0 N–H and O–H groups in total. The highest BCUT2D eigenvalue weighted by atomic mass is 19.1. The van der Waals surface area contributed by atoms with Crippen LogP contribution in [0, 0.1) is 5.82 Å². The summed E-state index contributed by atoms with van der Waals surface area (Å²) in [5, 5.41) is 10.6. The van der Waals surface area contributed by atoms with E-state index in [1.807, 2.05) is 0 Å². The third kappa shape index (κ3) is 2.69. The summed E-state index contributed by atoms with van der Waals surface area (Å²) in [6.45, 7) is 0. The molecule has 3 heteroatoms. The zero-order chi connectivity index (χ0) is 12.3. The molecule has 0 radical (unpaired) electrons. The Bertz CT molecular complexity index is 549. The smallest absolute Gasteiger partial charge is 0.123 e. The molecule has 2 nitrogen and oxygen atoms in total. The van der Waals surface area contributed by atoms with Crippen LogP contribution in [0.5, 0.6) is 0 Å². The van der Waals surface area contributed by atoms with E-state index in [0.29, 0.717) is 11.1 Å². The van der Waals surface area contributed by atoms with E-state index >= 15 is 0 Å². The van der Waals surface area contributed by atoms with Crippen LogP contribution in [0.2, 0.25) is 0 Å². The summed E-state index contributed by atoms with van der Waals surface area (Å²) in [6, 6.07) is 13.1. The first-order chi connectivity index (χ1) is 8.16. The number of carboxylic acids is 1. The number of benzene rings is 2. The molecule has 0 spiro atoms. The zero-order valence-corrected chi connectivity index (χ0v) is 9.02. The molecule has 2 aromatic carbocycles. The molecule has 0 aliphatic carbocycles. The quantitative estimate of drug-likeness (QED) is 0.805. The average molecular weight is 229 g/mol. The Morgan fingerprint density at radius 3 is 2.59 bits per heavy atom. The first-order valence-corrected chi connectivity index (χ1v) is 5.20. The van der Waals surface area contributed by atoms with Gasteiger partial charge in [0.2, 0.25) is 0 Å². The van der Waals surface area contributed by atoms with Gasteiger partial charge in [-0.15, -0.1) is 0 Å². The summed E-state index contributed by atoms with van der Waals surface area (Å²) >= 11 is 0. The van der Waals surface area contributed by atoms with Gasteiger partial charge >= 0.3 is 0 Å². The van der Waals surface area contributed by atoms with Gasteiger partial charge in [-0.3, -0.25) is 0 Å². The molecule has 86 valence electrons. The van der Waals surface area contributed by atoms with Gasteiger partial charge in [0.05, 0.1) is 0 Å². The van der Waals surface area contributed by atoms with Gasteiger partial charge < -0.3 is 9.90 Å². The Hall–Kier alpha value is -2.16. The van der Waals surface area contributed by atoms with Crippen LogP contribution in [0.25, 0.3) is 11.1 Å². The molecule has 0 fully saturated rings. The molecule has 2 rings (SSSR count). The zero-order valence-electron chi connectivity index (χ0n) is 9.02. The fourth-order valence-corrected chi connectivity index (χ4v) is 1.77. The molecule has 0 atom stereocenters. The van der Waals surface area contributed by atoms with Crippen LogP contribution in [0.3, 0.4) is 0 Å². The van der Waals surface area contributed by atoms with Gasteiger partial charge in [0.1, 0.15) is 5.82 Å². The molecule has 0 saturated heterocycles. The molecule has 17 heavy (non-hydrogen) atoms. The minimum Gasteiger partial charge on any atom is -0.550 e. The molecule has 0 unspecified atom stereocenters. The van der Waals surface area contributed by atoms with Crippen molar-refractivity contribution in [2.24, 2.45) is 0 Å². The van der Waals surface area contributed by atoms with Crippen LogP contribution in [0.15, 0.2) is 48.5 Å². The maximum Gasteiger partial charge on any atom is 0.123 e. The van der Waals surface area contributed by atoms with Crippen molar-refractivity contribution in [1.82, 2.24) is 0 Å². The first-order valence-electron chi connectivity index (χ1n) is 5.20. The van der Waals surface area contributed by atoms with E-state index in [2.05, 4.69) is 0 Å². The Kier molecular flexibility index (Phi) is 3.19. The number of halogens is 1. The molecule has 2 aromatic rings. The van der Waals surface area contributed by atoms with Crippen molar-refractivity contribution in [3.05, 3.63) is 59.9 Å². The van der Waals surface area contributed by atoms with Crippen molar-refractivity contribution in [2.45, 2.75) is 6.42 Å². The summed E-state index contributed by atoms with van der Waals surface area (Å²) in [4.78, 5) is 10.6. The van der Waals surface area contributed by atoms with Gasteiger partial charge in [-0.05, 0) is 28.8 Å². The van der Waals surface area contributed by atoms with Crippen molar-refractivity contribution in [2.75, 3.05) is 0 Å². The van der Waals surface area contributed by atoms with E-state index in [9.17, 15) is 14.3 Å². The minimum absolute atomic E-state index is 0.174. The number of hydrogen-bond donors (Lipinski definition) is 0. The van der Waals surface area contributed by atoms with E-state index in [0.717, 1.165) is 5.56 Å². The van der Waals surface area contributed by atoms with E-state index in [-0.39, 0.29) is 12.2 Å². The fourth-order valence-electron chi connectivity index (χ4n) is 1.77. The number of carboxylic acid groups (broad SMARTS) is 1. The Morgan fingerprint density at radius 2 is 1.88 bits per heavy atom. The van der Waals surface area contributed by atoms with Crippen LogP contribution < -0.4 is 5.11 Å². The topological polar surface area (TPSA) is 40.1 Å². The summed E-state index contributed by atoms with van der Waals surface area (Å²) in [7, 11) is 0. The molecule has 0 amide bonds. The molecule has 0 aromatic heterocycles. The molecule has 0 bridgehead atoms. The highest BCUT2D eigenvalue weighted by Crippen LogP contribution is 2.24. The van der Waals surface area contributed by atoms with Crippen LogP contribution in [-0.4, -0.2) is 5.97 Å². The Labute approximate surface area is 98.3 Å². The second kappa shape index (κ2) is 4.78. The molecule has 0 saturated carbocycles. The standard InChI is InChI=1S/C14H11FO2/c15-12-6-3-5-10(8-12)13-7-2-1-4-11(13)9-14(16)17/h1-8H,9H2,(H,16,17)/p-1. The predicted octanol–water partition coefficient (Wildman–Crippen LogP) is 1.79. The van der Waals surface area contributed by atoms with Gasteiger partial charge in [-0.1, -0.05) is 36.4 Å². The van der Waals surface area contributed by atoms with E-state index in [4.69, 9.17) is 0 Å². The highest BCUT2D eigenvalue weighted by molar-refractivity contribution is 5.75. The van der Waals surface area contributed by atoms with Crippen LogP contribution >= 0.6 is 0 Å². The monoisotopic (exact) mass is 229 g/mol. The lowest BCUT2D eigenvalue weighted by Crippen LogP contribution is -2.24. The fraction of sp³-hybridized carbons (Fsp3) is 0.0714. The third-order valence-electron chi connectivity index (χ3n) is 2.49. The molecular formula is C14H10FO2-. The summed E-state index contributed by atoms with van der Waals surface area (Å²) in [5.41, 5.74) is 2.01. The van der Waals surface area contributed by atoms with Crippen LogP contribution in [-0.2, 0) is 11.2 Å². The molecule has 0 aliphatic rings. The largest absolute Gasteiger partial charge is 0.550 e. The van der Waals surface area contributed by atoms with Gasteiger partial charge in [-0.25, -0.2) is 4.39 Å². The number of aliphatic carboxylic acids is 1. The second-order valence-electron chi connectivity index (χ2n) is 3.72. The average Bonchev–Trinajstić information content (AvgIpc) is 2.29. The van der Waals surface area contributed by atoms with Crippen molar-refractivity contribution < 1.29 is 14.3 Å². The van der Waals surface area contributed by atoms with Crippen molar-refractivity contribution >= 4 is 5.97 Å². The Morgan fingerprint density at radius 1 is 1.12 bits per heavy atom. The number of carbonyl (C=O) groups excluding carboxylic acids is 1. The van der Waals surface area contributed by atoms with Gasteiger partial charge in [0, 0.05) is 12.4 Å². The van der Waals surface area contributed by atoms with Gasteiger partial charge in [0.25, 0.3) is 0 Å². The maximum absolute atomic E-state index is 13.1. The number of rotatable bonds is 3. The van der Waals surface area contributed by atoms with Crippen molar-refractivity contribution in [3.63, 3.8) is 0 Å². The van der Waals surface area contributed by atoms with Gasteiger partial charge in [0.15, 0.2) is 0 Å². The van der Waals surface area contributed by atoms with Gasteiger partial charge in [-0.2, -0.15) is 0 Å². The Balaban J connectivity index is 2.47. The van der Waals surface area contributed by atoms with E-state index < -0.39 is 5.97 Å². The first kappa shape index (κ1) is 11.3.